The van der Waals surface area contributed by atoms with E-state index in [0.29, 0.717) is 31.9 Å². The number of H-pyrrole nitrogens is 1. The van der Waals surface area contributed by atoms with Gasteiger partial charge >= 0.3 is 0 Å². The van der Waals surface area contributed by atoms with Crippen molar-refractivity contribution in [2.45, 2.75) is 45.3 Å². The zero-order chi connectivity index (χ0) is 17.1. The van der Waals surface area contributed by atoms with E-state index >= 15 is 0 Å². The molecule has 3 rings (SSSR count). The third-order valence-electron chi connectivity index (χ3n) is 4.37. The van der Waals surface area contributed by atoms with Crippen LogP contribution < -0.4 is 0 Å². The summed E-state index contributed by atoms with van der Waals surface area (Å²) < 4.78 is 7.84. The van der Waals surface area contributed by atoms with Gasteiger partial charge in [0.25, 0.3) is 0 Å². The molecule has 0 aromatic carbocycles. The molecule has 7 nitrogen and oxygen atoms in total. The number of amides is 1. The Morgan fingerprint density at radius 2 is 2.12 bits per heavy atom. The lowest BCUT2D eigenvalue weighted by Crippen LogP contribution is -2.43. The fraction of sp³-hybridized carbons (Fsp3) is 0.588. The quantitative estimate of drug-likeness (QED) is 0.912. The van der Waals surface area contributed by atoms with Crippen LogP contribution in [0.5, 0.6) is 0 Å². The molecular weight excluding hydrogens is 306 g/mol. The molecule has 1 amide bonds. The van der Waals surface area contributed by atoms with Crippen LogP contribution >= 0.6 is 0 Å². The molecule has 0 spiro atoms. The molecule has 0 saturated carbocycles. The minimum absolute atomic E-state index is 0.145. The number of rotatable bonds is 5. The van der Waals surface area contributed by atoms with Gasteiger partial charge in [-0.15, -0.1) is 0 Å². The number of carbonyl (C=O) groups excluding carboxylic acids is 1. The number of aromatic nitrogens is 4. The number of aromatic amines is 1. The highest BCUT2D eigenvalue weighted by atomic mass is 16.5. The zero-order valence-electron chi connectivity index (χ0n) is 14.5. The Balaban J connectivity index is 1.61. The highest BCUT2D eigenvalue weighted by molar-refractivity contribution is 5.76. The summed E-state index contributed by atoms with van der Waals surface area (Å²) in [5.74, 6) is 1.89. The molecule has 130 valence electrons. The molecule has 7 heteroatoms. The molecule has 1 fully saturated rings. The molecule has 1 saturated heterocycles. The van der Waals surface area contributed by atoms with Crippen molar-refractivity contribution >= 4 is 5.91 Å². The van der Waals surface area contributed by atoms with E-state index in [9.17, 15) is 4.79 Å². The largest absolute Gasteiger partial charge is 0.367 e. The van der Waals surface area contributed by atoms with E-state index in [1.165, 1.54) is 0 Å². The number of carbonyl (C=O) groups is 1. The van der Waals surface area contributed by atoms with E-state index in [1.54, 1.807) is 0 Å². The van der Waals surface area contributed by atoms with Crippen LogP contribution in [0.15, 0.2) is 24.5 Å². The summed E-state index contributed by atoms with van der Waals surface area (Å²) in [5.41, 5.74) is 0. The average molecular weight is 331 g/mol. The molecule has 2 atom stereocenters. The number of ether oxygens (including phenoxy) is 1. The Hall–Kier alpha value is -2.15. The third kappa shape index (κ3) is 3.67. The minimum Gasteiger partial charge on any atom is -0.367 e. The molecule has 1 N–H and O–H groups in total. The van der Waals surface area contributed by atoms with Gasteiger partial charge in [0.15, 0.2) is 11.6 Å². The van der Waals surface area contributed by atoms with Crippen LogP contribution in [0.1, 0.15) is 56.9 Å². The van der Waals surface area contributed by atoms with Crippen LogP contribution in [-0.2, 0) is 9.53 Å². The summed E-state index contributed by atoms with van der Waals surface area (Å²) >= 11 is 0. The normalized spacial score (nSPS) is 19.7. The van der Waals surface area contributed by atoms with E-state index in [2.05, 4.69) is 26.7 Å². The van der Waals surface area contributed by atoms with Gasteiger partial charge in [-0.3, -0.25) is 9.89 Å². The van der Waals surface area contributed by atoms with Gasteiger partial charge in [-0.2, -0.15) is 5.10 Å². The first kappa shape index (κ1) is 16.7. The van der Waals surface area contributed by atoms with Crippen LogP contribution in [-0.4, -0.2) is 50.3 Å². The molecule has 0 unspecified atom stereocenters. The summed E-state index contributed by atoms with van der Waals surface area (Å²) in [4.78, 5) is 19.0. The zero-order valence-corrected chi connectivity index (χ0v) is 14.5. The van der Waals surface area contributed by atoms with Gasteiger partial charge in [-0.05, 0) is 19.1 Å². The Morgan fingerprint density at radius 3 is 2.79 bits per heavy atom. The summed E-state index contributed by atoms with van der Waals surface area (Å²) in [7, 11) is 0. The molecular formula is C17H25N5O2. The van der Waals surface area contributed by atoms with Crippen molar-refractivity contribution in [2.24, 2.45) is 0 Å². The van der Waals surface area contributed by atoms with Crippen LogP contribution in [0.25, 0.3) is 0 Å². The van der Waals surface area contributed by atoms with Crippen molar-refractivity contribution in [2.75, 3.05) is 19.7 Å². The van der Waals surface area contributed by atoms with Crippen molar-refractivity contribution in [3.8, 4) is 0 Å². The number of hydrogen-bond donors (Lipinski definition) is 1. The first-order valence-corrected chi connectivity index (χ1v) is 8.48. The van der Waals surface area contributed by atoms with Gasteiger partial charge < -0.3 is 14.2 Å². The third-order valence-corrected chi connectivity index (χ3v) is 4.37. The standard InChI is InChI=1S/C17H25N5O2/c1-12(2)16-18-17(20-19-16)14-11-22(8-9-24-14)15(23)10-13(3)21-6-4-5-7-21/h4-7,12-14H,8-11H2,1-3H3,(H,18,19,20)/t13-,14+/m0/s1. The smallest absolute Gasteiger partial charge is 0.224 e. The topological polar surface area (TPSA) is 76.0 Å². The van der Waals surface area contributed by atoms with Gasteiger partial charge in [-0.1, -0.05) is 13.8 Å². The highest BCUT2D eigenvalue weighted by Crippen LogP contribution is 2.22. The monoisotopic (exact) mass is 331 g/mol. The van der Waals surface area contributed by atoms with Crippen molar-refractivity contribution in [1.29, 1.82) is 0 Å². The number of morpholine rings is 1. The lowest BCUT2D eigenvalue weighted by molar-refractivity contribution is -0.140. The molecule has 3 heterocycles. The van der Waals surface area contributed by atoms with Crippen molar-refractivity contribution in [3.05, 3.63) is 36.2 Å². The molecule has 0 radical (unpaired) electrons. The van der Waals surface area contributed by atoms with Crippen molar-refractivity contribution < 1.29 is 9.53 Å². The van der Waals surface area contributed by atoms with E-state index in [-0.39, 0.29) is 24.0 Å². The summed E-state index contributed by atoms with van der Waals surface area (Å²) in [6, 6.07) is 4.09. The maximum atomic E-state index is 12.6. The van der Waals surface area contributed by atoms with Gasteiger partial charge in [0.2, 0.25) is 5.91 Å². The lowest BCUT2D eigenvalue weighted by atomic mass is 10.2. The van der Waals surface area contributed by atoms with Crippen LogP contribution in [0.4, 0.5) is 0 Å². The van der Waals surface area contributed by atoms with E-state index in [1.807, 2.05) is 43.3 Å². The molecule has 1 aliphatic heterocycles. The molecule has 24 heavy (non-hydrogen) atoms. The lowest BCUT2D eigenvalue weighted by Gasteiger charge is -2.32. The second kappa shape index (κ2) is 7.17. The molecule has 0 bridgehead atoms. The average Bonchev–Trinajstić information content (AvgIpc) is 3.26. The highest BCUT2D eigenvalue weighted by Gasteiger charge is 2.28. The summed E-state index contributed by atoms with van der Waals surface area (Å²) in [6.45, 7) is 7.82. The minimum atomic E-state index is -0.232. The maximum Gasteiger partial charge on any atom is 0.224 e. The molecule has 1 aliphatic rings. The Kier molecular flexibility index (Phi) is 4.99. The Morgan fingerprint density at radius 1 is 1.38 bits per heavy atom. The van der Waals surface area contributed by atoms with Gasteiger partial charge in [0.05, 0.1) is 13.2 Å². The van der Waals surface area contributed by atoms with Crippen LogP contribution in [0.3, 0.4) is 0 Å². The summed E-state index contributed by atoms with van der Waals surface area (Å²) in [6.07, 6.45) is 4.23. The van der Waals surface area contributed by atoms with E-state index < -0.39 is 0 Å². The second-order valence-corrected chi connectivity index (χ2v) is 6.62. The van der Waals surface area contributed by atoms with Gasteiger partial charge in [0.1, 0.15) is 6.10 Å². The van der Waals surface area contributed by atoms with E-state index in [4.69, 9.17) is 4.74 Å². The second-order valence-electron chi connectivity index (χ2n) is 6.62. The first-order valence-electron chi connectivity index (χ1n) is 8.48. The van der Waals surface area contributed by atoms with Gasteiger partial charge in [-0.25, -0.2) is 4.98 Å². The fourth-order valence-electron chi connectivity index (χ4n) is 2.86. The SMILES string of the molecule is CC(C)c1n[nH]c([C@H]2CN(C(=O)C[C@H](C)n3cccc3)CCO2)n1. The van der Waals surface area contributed by atoms with Gasteiger partial charge in [0, 0.05) is 37.3 Å². The van der Waals surface area contributed by atoms with Crippen molar-refractivity contribution in [3.63, 3.8) is 0 Å². The Labute approximate surface area is 142 Å². The Bertz CT molecular complexity index is 664. The van der Waals surface area contributed by atoms with Crippen LogP contribution in [0.2, 0.25) is 0 Å². The van der Waals surface area contributed by atoms with Crippen LogP contribution in [0, 0.1) is 0 Å². The number of hydrogen-bond acceptors (Lipinski definition) is 4. The predicted molar refractivity (Wildman–Crippen MR) is 89.5 cm³/mol. The first-order chi connectivity index (χ1) is 11.5. The molecule has 2 aromatic heterocycles. The number of nitrogens with one attached hydrogen (secondary N) is 1. The molecule has 2 aromatic rings. The van der Waals surface area contributed by atoms with E-state index in [0.717, 1.165) is 5.82 Å². The fourth-order valence-corrected chi connectivity index (χ4v) is 2.86. The summed E-state index contributed by atoms with van der Waals surface area (Å²) in [5, 5.41) is 7.17. The molecule has 0 aliphatic carbocycles. The van der Waals surface area contributed by atoms with Crippen molar-refractivity contribution in [1.82, 2.24) is 24.6 Å². The number of nitrogens with zero attached hydrogens (tertiary/aromatic N) is 4. The predicted octanol–water partition coefficient (Wildman–Crippen LogP) is 2.28. The maximum absolute atomic E-state index is 12.6.